The molecule has 13 heavy (non-hydrogen) atoms. The van der Waals surface area contributed by atoms with Crippen molar-refractivity contribution in [2.75, 3.05) is 0 Å². The first-order valence-electron chi connectivity index (χ1n) is 3.53. The van der Waals surface area contributed by atoms with Crippen LogP contribution < -0.4 is 5.43 Å². The third-order valence-corrected chi connectivity index (χ3v) is 1.69. The summed E-state index contributed by atoms with van der Waals surface area (Å²) in [5.41, 5.74) is -1.03. The van der Waals surface area contributed by atoms with Crippen LogP contribution >= 0.6 is 0 Å². The summed E-state index contributed by atoms with van der Waals surface area (Å²) in [6.45, 7) is 1.40. The van der Waals surface area contributed by atoms with Gasteiger partial charge in [0, 0.05) is 11.6 Å². The molecule has 1 aromatic rings. The molecular weight excluding hydrogens is 180 g/mol. The largest absolute Gasteiger partial charge is 0.351 e. The topological polar surface area (TPSA) is 49.9 Å². The summed E-state index contributed by atoms with van der Waals surface area (Å²) in [7, 11) is 0. The maximum atomic E-state index is 12.1. The number of hydrogen-bond acceptors (Lipinski definition) is 2. The molecule has 0 radical (unpaired) electrons. The second-order valence-corrected chi connectivity index (χ2v) is 2.55. The molecule has 3 nitrogen and oxygen atoms in total. The Hall–Kier alpha value is -1.52. The number of alkyl halides is 2. The van der Waals surface area contributed by atoms with Crippen LogP contribution in [-0.2, 0) is 0 Å². The quantitative estimate of drug-likeness (QED) is 0.712. The van der Waals surface area contributed by atoms with Crippen molar-refractivity contribution in [3.8, 4) is 0 Å². The van der Waals surface area contributed by atoms with Gasteiger partial charge in [0.05, 0.1) is 11.4 Å². The predicted octanol–water partition coefficient (Wildman–Crippen LogP) is 1.43. The summed E-state index contributed by atoms with van der Waals surface area (Å²) in [5.74, 6) is 0. The fourth-order valence-corrected chi connectivity index (χ4v) is 0.903. The molecule has 1 rings (SSSR count). The van der Waals surface area contributed by atoms with E-state index in [1.54, 1.807) is 0 Å². The number of carbonyl (C=O) groups excluding carboxylic acids is 1. The maximum Gasteiger partial charge on any atom is 0.278 e. The molecule has 5 heteroatoms. The monoisotopic (exact) mass is 187 g/mol. The first-order chi connectivity index (χ1) is 6.06. The molecule has 1 aromatic heterocycles. The van der Waals surface area contributed by atoms with Crippen LogP contribution in [0.15, 0.2) is 10.9 Å². The Kier molecular flexibility index (Phi) is 2.55. The average Bonchev–Trinajstić information content (AvgIpc) is 2.09. The third-order valence-electron chi connectivity index (χ3n) is 1.69. The normalized spacial score (nSPS) is 10.5. The Morgan fingerprint density at radius 1 is 1.54 bits per heavy atom. The summed E-state index contributed by atoms with van der Waals surface area (Å²) in [6, 6.07) is 0.799. The molecule has 0 unspecified atom stereocenters. The third kappa shape index (κ3) is 1.80. The highest BCUT2D eigenvalue weighted by Crippen LogP contribution is 2.14. The SMILES string of the molecule is Cc1c(C=O)[nH]c(C(F)F)cc1=O. The van der Waals surface area contributed by atoms with Crippen molar-refractivity contribution in [3.05, 3.63) is 33.2 Å². The fourth-order valence-electron chi connectivity index (χ4n) is 0.903. The summed E-state index contributed by atoms with van der Waals surface area (Å²) in [6.07, 6.45) is -2.42. The molecule has 0 saturated carbocycles. The van der Waals surface area contributed by atoms with E-state index in [1.165, 1.54) is 6.92 Å². The Bertz CT molecular complexity index is 384. The van der Waals surface area contributed by atoms with Crippen molar-refractivity contribution in [1.82, 2.24) is 4.98 Å². The van der Waals surface area contributed by atoms with Crippen molar-refractivity contribution < 1.29 is 13.6 Å². The lowest BCUT2D eigenvalue weighted by molar-refractivity contribution is 0.111. The lowest BCUT2D eigenvalue weighted by atomic mass is 10.2. The second-order valence-electron chi connectivity index (χ2n) is 2.55. The van der Waals surface area contributed by atoms with Crippen LogP contribution in [0.25, 0.3) is 0 Å². The molecule has 0 aliphatic rings. The molecule has 0 amide bonds. The number of H-pyrrole nitrogens is 1. The van der Waals surface area contributed by atoms with E-state index in [1.807, 2.05) is 0 Å². The summed E-state index contributed by atoms with van der Waals surface area (Å²) < 4.78 is 24.2. The highest BCUT2D eigenvalue weighted by molar-refractivity contribution is 5.74. The van der Waals surface area contributed by atoms with Gasteiger partial charge < -0.3 is 4.98 Å². The molecule has 1 heterocycles. The first-order valence-corrected chi connectivity index (χ1v) is 3.53. The molecule has 0 aliphatic heterocycles. The van der Waals surface area contributed by atoms with Crippen LogP contribution in [0.2, 0.25) is 0 Å². The minimum Gasteiger partial charge on any atom is -0.351 e. The number of aldehydes is 1. The van der Waals surface area contributed by atoms with Gasteiger partial charge in [-0.05, 0) is 6.92 Å². The molecule has 0 aliphatic carbocycles. The van der Waals surface area contributed by atoms with E-state index < -0.39 is 17.5 Å². The number of aromatic nitrogens is 1. The number of nitrogens with one attached hydrogen (secondary N) is 1. The molecule has 0 fully saturated rings. The van der Waals surface area contributed by atoms with E-state index in [4.69, 9.17) is 0 Å². The van der Waals surface area contributed by atoms with Crippen molar-refractivity contribution in [1.29, 1.82) is 0 Å². The number of hydrogen-bond donors (Lipinski definition) is 1. The summed E-state index contributed by atoms with van der Waals surface area (Å²) in [4.78, 5) is 23.5. The molecule has 70 valence electrons. The van der Waals surface area contributed by atoms with Gasteiger partial charge in [-0.25, -0.2) is 8.78 Å². The molecule has 1 N–H and O–H groups in total. The van der Waals surface area contributed by atoms with Crippen LogP contribution in [0.4, 0.5) is 8.78 Å². The van der Waals surface area contributed by atoms with Crippen LogP contribution in [0.1, 0.15) is 28.2 Å². The minimum absolute atomic E-state index is 0.0946. The van der Waals surface area contributed by atoms with E-state index in [2.05, 4.69) is 4.98 Å². The van der Waals surface area contributed by atoms with E-state index in [-0.39, 0.29) is 11.3 Å². The molecule has 0 aromatic carbocycles. The number of pyridine rings is 1. The van der Waals surface area contributed by atoms with Gasteiger partial charge in [-0.3, -0.25) is 9.59 Å². The molecule has 0 bridgehead atoms. The van der Waals surface area contributed by atoms with E-state index in [0.717, 1.165) is 6.07 Å². The lowest BCUT2D eigenvalue weighted by Gasteiger charge is -2.02. The molecular formula is C8H7F2NO2. The van der Waals surface area contributed by atoms with Crippen molar-refractivity contribution in [2.45, 2.75) is 13.3 Å². The van der Waals surface area contributed by atoms with Gasteiger partial charge in [0.15, 0.2) is 11.7 Å². The van der Waals surface area contributed by atoms with E-state index in [0.29, 0.717) is 6.29 Å². The summed E-state index contributed by atoms with van der Waals surface area (Å²) >= 11 is 0. The predicted molar refractivity (Wildman–Crippen MR) is 42.1 cm³/mol. The standard InChI is InChI=1S/C8H7F2NO2/c1-4-6(3-12)11-5(8(9)10)2-7(4)13/h2-3,8H,1H3,(H,11,13). The lowest BCUT2D eigenvalue weighted by Crippen LogP contribution is -2.12. The van der Waals surface area contributed by atoms with Crippen LogP contribution in [0.3, 0.4) is 0 Å². The second kappa shape index (κ2) is 3.47. The van der Waals surface area contributed by atoms with Gasteiger partial charge in [-0.1, -0.05) is 0 Å². The molecule has 0 spiro atoms. The number of aromatic amines is 1. The smallest absolute Gasteiger partial charge is 0.278 e. The van der Waals surface area contributed by atoms with Crippen LogP contribution in [-0.4, -0.2) is 11.3 Å². The highest BCUT2D eigenvalue weighted by atomic mass is 19.3. The van der Waals surface area contributed by atoms with Crippen molar-refractivity contribution in [3.63, 3.8) is 0 Å². The Labute approximate surface area is 72.4 Å². The zero-order chi connectivity index (χ0) is 10.0. The van der Waals surface area contributed by atoms with Gasteiger partial charge in [-0.2, -0.15) is 0 Å². The van der Waals surface area contributed by atoms with Gasteiger partial charge in [0.1, 0.15) is 0 Å². The summed E-state index contributed by atoms with van der Waals surface area (Å²) in [5, 5.41) is 0. The zero-order valence-electron chi connectivity index (χ0n) is 6.80. The Balaban J connectivity index is 3.39. The number of rotatable bonds is 2. The zero-order valence-corrected chi connectivity index (χ0v) is 6.80. The van der Waals surface area contributed by atoms with E-state index >= 15 is 0 Å². The van der Waals surface area contributed by atoms with Gasteiger partial charge in [0.2, 0.25) is 0 Å². The Morgan fingerprint density at radius 3 is 2.62 bits per heavy atom. The fraction of sp³-hybridized carbons (Fsp3) is 0.250. The molecule has 0 saturated heterocycles. The molecule has 0 atom stereocenters. The van der Waals surface area contributed by atoms with Gasteiger partial charge in [0.25, 0.3) is 6.43 Å². The minimum atomic E-state index is -2.77. The van der Waals surface area contributed by atoms with Crippen LogP contribution in [0, 0.1) is 6.92 Å². The van der Waals surface area contributed by atoms with Gasteiger partial charge in [-0.15, -0.1) is 0 Å². The van der Waals surface area contributed by atoms with Gasteiger partial charge >= 0.3 is 0 Å². The average molecular weight is 187 g/mol. The van der Waals surface area contributed by atoms with Crippen molar-refractivity contribution >= 4 is 6.29 Å². The van der Waals surface area contributed by atoms with Crippen LogP contribution in [0.5, 0.6) is 0 Å². The maximum absolute atomic E-state index is 12.1. The van der Waals surface area contributed by atoms with Crippen molar-refractivity contribution in [2.24, 2.45) is 0 Å². The highest BCUT2D eigenvalue weighted by Gasteiger charge is 2.11. The first kappa shape index (κ1) is 9.57. The number of halogens is 2. The Morgan fingerprint density at radius 2 is 2.15 bits per heavy atom. The van der Waals surface area contributed by atoms with E-state index in [9.17, 15) is 18.4 Å². The number of carbonyl (C=O) groups is 1.